The van der Waals surface area contributed by atoms with Gasteiger partial charge in [0.2, 0.25) is 5.91 Å². The highest BCUT2D eigenvalue weighted by atomic mass is 16.8. The number of rotatable bonds is 1. The van der Waals surface area contributed by atoms with Crippen LogP contribution in [0.4, 0.5) is 0 Å². The molecule has 2 aliphatic heterocycles. The van der Waals surface area contributed by atoms with Crippen LogP contribution in [0.2, 0.25) is 0 Å². The van der Waals surface area contributed by atoms with Gasteiger partial charge in [0, 0.05) is 13.6 Å². The molecule has 0 bridgehead atoms. The van der Waals surface area contributed by atoms with Gasteiger partial charge in [0.05, 0.1) is 0 Å². The predicted molar refractivity (Wildman–Crippen MR) is 61.7 cm³/mol. The summed E-state index contributed by atoms with van der Waals surface area (Å²) in [6, 6.07) is -0.870. The van der Waals surface area contributed by atoms with E-state index in [4.69, 9.17) is 9.47 Å². The number of hydrogen-bond acceptors (Lipinski definition) is 6. The van der Waals surface area contributed by atoms with Crippen molar-refractivity contribution in [1.29, 1.82) is 0 Å². The van der Waals surface area contributed by atoms with Gasteiger partial charge in [-0.25, -0.2) is 0 Å². The van der Waals surface area contributed by atoms with Crippen LogP contribution in [0.25, 0.3) is 0 Å². The summed E-state index contributed by atoms with van der Waals surface area (Å²) in [6.07, 6.45) is -3.44. The second-order valence-corrected chi connectivity index (χ2v) is 5.12. The standard InChI is InChI=1S/C11H20N2O5/c1-11(2)17-5-4-13-6(10(16)12-3)7(14)8(15)9(5)18-11/h5-9,13-15H,4H2,1-3H3,(H,12,16)/t5-,6+,7-,8-,9-/m1/s1. The first-order valence-corrected chi connectivity index (χ1v) is 6.02. The van der Waals surface area contributed by atoms with E-state index < -0.39 is 30.1 Å². The minimum atomic E-state index is -1.24. The first kappa shape index (κ1) is 13.7. The Bertz CT molecular complexity index is 335. The van der Waals surface area contributed by atoms with Gasteiger partial charge in [-0.15, -0.1) is 0 Å². The molecular weight excluding hydrogens is 240 g/mol. The molecule has 0 aromatic carbocycles. The average Bonchev–Trinajstić information content (AvgIpc) is 2.57. The summed E-state index contributed by atoms with van der Waals surface area (Å²) in [5.74, 6) is -1.17. The van der Waals surface area contributed by atoms with Crippen molar-refractivity contribution < 1.29 is 24.5 Å². The molecule has 0 spiro atoms. The van der Waals surface area contributed by atoms with Gasteiger partial charge in [0.25, 0.3) is 0 Å². The number of carbonyl (C=O) groups is 1. The van der Waals surface area contributed by atoms with Crippen LogP contribution in [0.15, 0.2) is 0 Å². The van der Waals surface area contributed by atoms with Crippen LogP contribution in [0.3, 0.4) is 0 Å². The lowest BCUT2D eigenvalue weighted by Crippen LogP contribution is -2.54. The summed E-state index contributed by atoms with van der Waals surface area (Å²) < 4.78 is 11.2. The molecule has 2 saturated heterocycles. The molecule has 2 fully saturated rings. The Morgan fingerprint density at radius 3 is 2.61 bits per heavy atom. The number of carbonyl (C=O) groups excluding carboxylic acids is 1. The molecule has 5 atom stereocenters. The molecule has 2 heterocycles. The zero-order valence-corrected chi connectivity index (χ0v) is 10.7. The third-order valence-electron chi connectivity index (χ3n) is 3.32. The van der Waals surface area contributed by atoms with Crippen LogP contribution < -0.4 is 10.6 Å². The molecule has 0 unspecified atom stereocenters. The molecule has 7 heteroatoms. The van der Waals surface area contributed by atoms with Crippen LogP contribution >= 0.6 is 0 Å². The van der Waals surface area contributed by atoms with Gasteiger partial charge in [0.1, 0.15) is 30.5 Å². The zero-order valence-electron chi connectivity index (χ0n) is 10.7. The first-order chi connectivity index (χ1) is 8.35. The Morgan fingerprint density at radius 1 is 1.33 bits per heavy atom. The number of amides is 1. The largest absolute Gasteiger partial charge is 0.388 e. The average molecular weight is 260 g/mol. The second kappa shape index (κ2) is 4.75. The number of aliphatic hydroxyl groups is 2. The van der Waals surface area contributed by atoms with Crippen molar-refractivity contribution >= 4 is 5.91 Å². The topological polar surface area (TPSA) is 100 Å². The van der Waals surface area contributed by atoms with E-state index in [-0.39, 0.29) is 12.0 Å². The number of nitrogens with one attached hydrogen (secondary N) is 2. The monoisotopic (exact) mass is 260 g/mol. The maximum absolute atomic E-state index is 11.6. The molecule has 18 heavy (non-hydrogen) atoms. The third-order valence-corrected chi connectivity index (χ3v) is 3.32. The van der Waals surface area contributed by atoms with Crippen LogP contribution in [0.1, 0.15) is 13.8 Å². The van der Waals surface area contributed by atoms with Crippen molar-refractivity contribution in [2.75, 3.05) is 13.6 Å². The van der Waals surface area contributed by atoms with Crippen LogP contribution in [0, 0.1) is 0 Å². The van der Waals surface area contributed by atoms with Crippen molar-refractivity contribution in [3.8, 4) is 0 Å². The van der Waals surface area contributed by atoms with E-state index in [2.05, 4.69) is 10.6 Å². The lowest BCUT2D eigenvalue weighted by molar-refractivity contribution is -0.167. The minimum Gasteiger partial charge on any atom is -0.388 e. The Labute approximate surface area is 105 Å². The molecule has 104 valence electrons. The molecular formula is C11H20N2O5. The highest BCUT2D eigenvalue weighted by Gasteiger charge is 2.51. The van der Waals surface area contributed by atoms with Crippen LogP contribution in [0.5, 0.6) is 0 Å². The smallest absolute Gasteiger partial charge is 0.239 e. The van der Waals surface area contributed by atoms with Gasteiger partial charge in [0.15, 0.2) is 5.79 Å². The second-order valence-electron chi connectivity index (χ2n) is 5.12. The van der Waals surface area contributed by atoms with E-state index >= 15 is 0 Å². The SMILES string of the molecule is CNC(=O)[C@H]1NC[C@H]2OC(C)(C)O[C@H]2[C@H](O)[C@@H]1O. The number of likely N-dealkylation sites (N-methyl/N-ethyl adjacent to an activating group) is 1. The molecule has 7 nitrogen and oxygen atoms in total. The third kappa shape index (κ3) is 2.36. The maximum Gasteiger partial charge on any atom is 0.239 e. The maximum atomic E-state index is 11.6. The fourth-order valence-corrected chi connectivity index (χ4v) is 2.47. The van der Waals surface area contributed by atoms with Crippen molar-refractivity contribution in [3.05, 3.63) is 0 Å². The fraction of sp³-hybridized carbons (Fsp3) is 0.909. The summed E-state index contributed by atoms with van der Waals surface area (Å²) >= 11 is 0. The predicted octanol–water partition coefficient (Wildman–Crippen LogP) is -2.05. The lowest BCUT2D eigenvalue weighted by atomic mass is 10.0. The molecule has 4 N–H and O–H groups in total. The molecule has 2 rings (SSSR count). The van der Waals surface area contributed by atoms with E-state index in [1.54, 1.807) is 13.8 Å². The Hall–Kier alpha value is -0.730. The number of fused-ring (bicyclic) bond motifs is 1. The van der Waals surface area contributed by atoms with Crippen LogP contribution in [-0.4, -0.2) is 66.0 Å². The number of hydrogen-bond donors (Lipinski definition) is 4. The summed E-state index contributed by atoms with van der Waals surface area (Å²) in [7, 11) is 1.48. The van der Waals surface area contributed by atoms with Crippen molar-refractivity contribution in [2.24, 2.45) is 0 Å². The first-order valence-electron chi connectivity index (χ1n) is 6.02. The van der Waals surface area contributed by atoms with Crippen molar-refractivity contribution in [3.63, 3.8) is 0 Å². The summed E-state index contributed by atoms with van der Waals surface area (Å²) in [5.41, 5.74) is 0. The highest BCUT2D eigenvalue weighted by Crippen LogP contribution is 2.32. The van der Waals surface area contributed by atoms with E-state index in [9.17, 15) is 15.0 Å². The van der Waals surface area contributed by atoms with Crippen molar-refractivity contribution in [2.45, 2.75) is 50.1 Å². The lowest BCUT2D eigenvalue weighted by Gasteiger charge is -2.26. The number of aliphatic hydroxyl groups excluding tert-OH is 2. The summed E-state index contributed by atoms with van der Waals surface area (Å²) in [4.78, 5) is 11.6. The molecule has 0 aromatic heterocycles. The van der Waals surface area contributed by atoms with E-state index in [1.165, 1.54) is 7.05 Å². The molecule has 0 radical (unpaired) electrons. The fourth-order valence-electron chi connectivity index (χ4n) is 2.47. The van der Waals surface area contributed by atoms with Gasteiger partial charge < -0.3 is 30.3 Å². The molecule has 0 aromatic rings. The Kier molecular flexibility index (Phi) is 3.61. The van der Waals surface area contributed by atoms with E-state index in [1.807, 2.05) is 0 Å². The van der Waals surface area contributed by atoms with E-state index in [0.717, 1.165) is 0 Å². The van der Waals surface area contributed by atoms with Gasteiger partial charge in [-0.05, 0) is 13.8 Å². The molecule has 2 aliphatic rings. The van der Waals surface area contributed by atoms with Gasteiger partial charge in [-0.3, -0.25) is 4.79 Å². The van der Waals surface area contributed by atoms with E-state index in [0.29, 0.717) is 6.54 Å². The van der Waals surface area contributed by atoms with Crippen molar-refractivity contribution in [1.82, 2.24) is 10.6 Å². The van der Waals surface area contributed by atoms with Gasteiger partial charge >= 0.3 is 0 Å². The van der Waals surface area contributed by atoms with Gasteiger partial charge in [-0.1, -0.05) is 0 Å². The van der Waals surface area contributed by atoms with Gasteiger partial charge in [-0.2, -0.15) is 0 Å². The molecule has 0 aliphatic carbocycles. The molecule has 0 saturated carbocycles. The zero-order chi connectivity index (χ0) is 13.5. The Balaban J connectivity index is 2.16. The quantitative estimate of drug-likeness (QED) is 0.433. The summed E-state index contributed by atoms with van der Waals surface area (Å²) in [6.45, 7) is 3.83. The summed E-state index contributed by atoms with van der Waals surface area (Å²) in [5, 5.41) is 25.5. The highest BCUT2D eigenvalue weighted by molar-refractivity contribution is 5.82. The normalized spacial score (nSPS) is 43.1. The minimum absolute atomic E-state index is 0.334. The number of ether oxygens (including phenoxy) is 2. The molecule has 1 amide bonds. The Morgan fingerprint density at radius 2 is 2.00 bits per heavy atom. The van der Waals surface area contributed by atoms with Crippen LogP contribution in [-0.2, 0) is 14.3 Å².